The molecule has 2 aromatic rings. The molecule has 1 aromatic carbocycles. The number of piperazine rings is 1. The van der Waals surface area contributed by atoms with Gasteiger partial charge in [0.05, 0.1) is 12.2 Å². The van der Waals surface area contributed by atoms with Crippen LogP contribution >= 0.6 is 11.6 Å². The Labute approximate surface area is 139 Å². The molecule has 122 valence electrons. The van der Waals surface area contributed by atoms with Crippen LogP contribution in [0.25, 0.3) is 0 Å². The Morgan fingerprint density at radius 1 is 1.52 bits per heavy atom. The van der Waals surface area contributed by atoms with Crippen LogP contribution < -0.4 is 10.6 Å². The fraction of sp³-hybridized carbons (Fsp3) is 0.375. The average Bonchev–Trinajstić information content (AvgIpc) is 2.92. The number of benzene rings is 1. The lowest BCUT2D eigenvalue weighted by molar-refractivity contribution is -0.118. The average molecular weight is 335 g/mol. The van der Waals surface area contributed by atoms with Gasteiger partial charge in [-0.15, -0.1) is 0 Å². The van der Waals surface area contributed by atoms with Crippen molar-refractivity contribution < 1.29 is 9.32 Å². The quantitative estimate of drug-likeness (QED) is 0.897. The molecule has 1 aliphatic rings. The van der Waals surface area contributed by atoms with Gasteiger partial charge in [0, 0.05) is 36.8 Å². The molecule has 1 aromatic heterocycles. The second kappa shape index (κ2) is 7.12. The summed E-state index contributed by atoms with van der Waals surface area (Å²) in [6, 6.07) is 9.58. The summed E-state index contributed by atoms with van der Waals surface area (Å²) in [5.74, 6) is 0.261. The number of nitrogens with zero attached hydrogens (tertiary/aromatic N) is 2. The van der Waals surface area contributed by atoms with Gasteiger partial charge in [-0.2, -0.15) is 0 Å². The summed E-state index contributed by atoms with van der Waals surface area (Å²) in [6.45, 7) is 4.53. The molecule has 1 saturated heterocycles. The largest absolute Gasteiger partial charge is 0.338 e. The van der Waals surface area contributed by atoms with Crippen molar-refractivity contribution in [3.63, 3.8) is 0 Å². The number of aromatic nitrogens is 1. The fourth-order valence-electron chi connectivity index (χ4n) is 2.76. The van der Waals surface area contributed by atoms with Gasteiger partial charge < -0.3 is 9.84 Å². The van der Waals surface area contributed by atoms with Crippen LogP contribution in [0.1, 0.15) is 17.3 Å². The van der Waals surface area contributed by atoms with E-state index in [1.807, 2.05) is 31.2 Å². The van der Waals surface area contributed by atoms with Gasteiger partial charge in [0.2, 0.25) is 11.8 Å². The number of nitrogens with one attached hydrogen (secondary N) is 2. The Hall–Kier alpha value is -1.89. The van der Waals surface area contributed by atoms with Gasteiger partial charge in [-0.05, 0) is 24.6 Å². The van der Waals surface area contributed by atoms with Gasteiger partial charge in [-0.25, -0.2) is 0 Å². The zero-order valence-corrected chi connectivity index (χ0v) is 13.6. The third-order valence-electron chi connectivity index (χ3n) is 3.82. The van der Waals surface area contributed by atoms with Crippen molar-refractivity contribution >= 4 is 23.4 Å². The smallest absolute Gasteiger partial charge is 0.240 e. The van der Waals surface area contributed by atoms with Gasteiger partial charge in [0.1, 0.15) is 0 Å². The molecule has 0 bridgehead atoms. The molecule has 0 spiro atoms. The van der Waals surface area contributed by atoms with Gasteiger partial charge >= 0.3 is 0 Å². The highest BCUT2D eigenvalue weighted by atomic mass is 35.5. The predicted molar refractivity (Wildman–Crippen MR) is 88.5 cm³/mol. The number of aryl methyl sites for hydroxylation is 1. The molecule has 23 heavy (non-hydrogen) atoms. The van der Waals surface area contributed by atoms with E-state index in [4.69, 9.17) is 16.1 Å². The Morgan fingerprint density at radius 3 is 3.13 bits per heavy atom. The second-order valence-corrected chi connectivity index (χ2v) is 6.06. The monoisotopic (exact) mass is 334 g/mol. The molecular formula is C16H19ClN4O2. The molecule has 0 saturated carbocycles. The first-order chi connectivity index (χ1) is 11.1. The van der Waals surface area contributed by atoms with Crippen molar-refractivity contribution in [1.29, 1.82) is 0 Å². The molecule has 3 rings (SSSR count). The number of carbonyl (C=O) groups is 1. The van der Waals surface area contributed by atoms with Crippen LogP contribution in [0.3, 0.4) is 0 Å². The van der Waals surface area contributed by atoms with E-state index >= 15 is 0 Å². The van der Waals surface area contributed by atoms with E-state index < -0.39 is 0 Å². The van der Waals surface area contributed by atoms with Crippen LogP contribution in [-0.2, 0) is 4.79 Å². The first kappa shape index (κ1) is 16.0. The molecular weight excluding hydrogens is 316 g/mol. The van der Waals surface area contributed by atoms with Crippen LogP contribution in [0, 0.1) is 6.92 Å². The zero-order valence-electron chi connectivity index (χ0n) is 12.9. The molecule has 1 atom stereocenters. The molecule has 0 radical (unpaired) electrons. The van der Waals surface area contributed by atoms with E-state index in [0.29, 0.717) is 17.5 Å². The van der Waals surface area contributed by atoms with Crippen molar-refractivity contribution in [3.05, 3.63) is 46.6 Å². The number of hydrogen-bond acceptors (Lipinski definition) is 5. The standard InChI is InChI=1S/C16H19ClN4O2/c1-11-7-16(23-20-11)19-15(22)10-21-6-5-18-9-14(21)12-3-2-4-13(17)8-12/h2-4,7-8,14,18H,5-6,9-10H2,1H3,(H,19,22). The van der Waals surface area contributed by atoms with Crippen LogP contribution in [0.5, 0.6) is 0 Å². The van der Waals surface area contributed by atoms with Gasteiger partial charge in [-0.1, -0.05) is 28.9 Å². The maximum Gasteiger partial charge on any atom is 0.240 e. The summed E-state index contributed by atoms with van der Waals surface area (Å²) in [7, 11) is 0. The Morgan fingerprint density at radius 2 is 2.39 bits per heavy atom. The summed E-state index contributed by atoms with van der Waals surface area (Å²) in [6.07, 6.45) is 0. The van der Waals surface area contributed by atoms with Crippen LogP contribution in [0.15, 0.2) is 34.9 Å². The molecule has 6 nitrogen and oxygen atoms in total. The van der Waals surface area contributed by atoms with Crippen molar-refractivity contribution in [3.8, 4) is 0 Å². The first-order valence-corrected chi connectivity index (χ1v) is 7.93. The zero-order chi connectivity index (χ0) is 16.2. The molecule has 2 heterocycles. The summed E-state index contributed by atoms with van der Waals surface area (Å²) < 4.78 is 5.02. The third-order valence-corrected chi connectivity index (χ3v) is 4.06. The Bertz CT molecular complexity index is 688. The highest BCUT2D eigenvalue weighted by molar-refractivity contribution is 6.30. The maximum absolute atomic E-state index is 12.2. The predicted octanol–water partition coefficient (Wildman–Crippen LogP) is 2.22. The van der Waals surface area contributed by atoms with Crippen molar-refractivity contribution in [2.24, 2.45) is 0 Å². The Kier molecular flexibility index (Phi) is 4.95. The van der Waals surface area contributed by atoms with Gasteiger partial charge in [-0.3, -0.25) is 15.0 Å². The SMILES string of the molecule is Cc1cc(NC(=O)CN2CCNCC2c2cccc(Cl)c2)on1. The van der Waals surface area contributed by atoms with Gasteiger partial charge in [0.25, 0.3) is 0 Å². The van der Waals surface area contributed by atoms with E-state index in [-0.39, 0.29) is 11.9 Å². The summed E-state index contributed by atoms with van der Waals surface area (Å²) >= 11 is 6.09. The lowest BCUT2D eigenvalue weighted by atomic mass is 10.0. The minimum Gasteiger partial charge on any atom is -0.338 e. The lowest BCUT2D eigenvalue weighted by Crippen LogP contribution is -2.48. The van der Waals surface area contributed by atoms with E-state index in [1.54, 1.807) is 6.07 Å². The number of carbonyl (C=O) groups excluding carboxylic acids is 1. The minimum atomic E-state index is -0.116. The summed E-state index contributed by atoms with van der Waals surface area (Å²) in [5.41, 5.74) is 1.84. The highest BCUT2D eigenvalue weighted by Crippen LogP contribution is 2.24. The van der Waals surface area contributed by atoms with Crippen molar-refractivity contribution in [1.82, 2.24) is 15.4 Å². The molecule has 7 heteroatoms. The van der Waals surface area contributed by atoms with Crippen LogP contribution in [0.2, 0.25) is 5.02 Å². The maximum atomic E-state index is 12.2. The van der Waals surface area contributed by atoms with Crippen LogP contribution in [0.4, 0.5) is 5.88 Å². The number of anilines is 1. The summed E-state index contributed by atoms with van der Waals surface area (Å²) in [5, 5.41) is 10.6. The number of amides is 1. The minimum absolute atomic E-state index is 0.115. The normalized spacial score (nSPS) is 18.8. The highest BCUT2D eigenvalue weighted by Gasteiger charge is 2.25. The van der Waals surface area contributed by atoms with Crippen LogP contribution in [-0.4, -0.2) is 42.1 Å². The van der Waals surface area contributed by atoms with Gasteiger partial charge in [0.15, 0.2) is 0 Å². The molecule has 1 aliphatic heterocycles. The molecule has 0 aliphatic carbocycles. The van der Waals surface area contributed by atoms with Crippen molar-refractivity contribution in [2.45, 2.75) is 13.0 Å². The fourth-order valence-corrected chi connectivity index (χ4v) is 2.96. The lowest BCUT2D eigenvalue weighted by Gasteiger charge is -2.36. The Balaban J connectivity index is 1.67. The topological polar surface area (TPSA) is 70.4 Å². The molecule has 1 amide bonds. The number of hydrogen-bond donors (Lipinski definition) is 2. The van der Waals surface area contributed by atoms with E-state index in [9.17, 15) is 4.79 Å². The number of rotatable bonds is 4. The third kappa shape index (κ3) is 4.10. The van der Waals surface area contributed by atoms with E-state index in [2.05, 4.69) is 20.7 Å². The summed E-state index contributed by atoms with van der Waals surface area (Å²) in [4.78, 5) is 14.4. The molecule has 1 unspecified atom stereocenters. The second-order valence-electron chi connectivity index (χ2n) is 5.63. The van der Waals surface area contributed by atoms with E-state index in [1.165, 1.54) is 0 Å². The first-order valence-electron chi connectivity index (χ1n) is 7.55. The van der Waals surface area contributed by atoms with Crippen molar-refractivity contribution in [2.75, 3.05) is 31.5 Å². The number of halogens is 1. The van der Waals surface area contributed by atoms with E-state index in [0.717, 1.165) is 30.9 Å². The molecule has 1 fully saturated rings. The molecule has 2 N–H and O–H groups in total.